The average molecular weight is 500 g/mol. The summed E-state index contributed by atoms with van der Waals surface area (Å²) in [4.78, 5) is 24.7. The maximum Gasteiger partial charge on any atom is 0.269 e. The van der Waals surface area contributed by atoms with E-state index in [2.05, 4.69) is 10.0 Å². The minimum atomic E-state index is -4.11. The molecule has 1 aliphatic heterocycles. The number of hydrogen-bond donors (Lipinski definition) is 2. The topological polar surface area (TPSA) is 130 Å². The normalized spacial score (nSPS) is 14.5. The number of sulfonamides is 2. The second-order valence-corrected chi connectivity index (χ2v) is 11.3. The quantitative estimate of drug-likeness (QED) is 0.536. The molecule has 11 heteroatoms. The molecule has 1 aliphatic rings. The van der Waals surface area contributed by atoms with E-state index in [1.54, 1.807) is 19.1 Å². The van der Waals surface area contributed by atoms with Crippen molar-refractivity contribution in [3.63, 3.8) is 0 Å². The Kier molecular flexibility index (Phi) is 5.92. The lowest BCUT2D eigenvalue weighted by molar-refractivity contribution is -0.116. The molecular weight excluding hydrogens is 478 g/mol. The first-order valence-electron chi connectivity index (χ1n) is 10.2. The molecule has 0 spiro atoms. The molecule has 0 saturated heterocycles. The van der Waals surface area contributed by atoms with Gasteiger partial charge >= 0.3 is 0 Å². The van der Waals surface area contributed by atoms with Crippen LogP contribution in [0.4, 0.5) is 11.4 Å². The Bertz CT molecular complexity index is 1510. The SMILES string of the molecule is Cc1ccc(C)c(NS(=O)(=O)c2ccc(NC(=O)CN3C(=O)c4ccccc4S3(=O)=O)cc2)c1. The summed E-state index contributed by atoms with van der Waals surface area (Å²) in [7, 11) is -7.97. The van der Waals surface area contributed by atoms with Crippen LogP contribution in [0.1, 0.15) is 21.5 Å². The van der Waals surface area contributed by atoms with Crippen LogP contribution in [0.25, 0.3) is 0 Å². The number of nitrogens with one attached hydrogen (secondary N) is 2. The zero-order valence-electron chi connectivity index (χ0n) is 18.3. The van der Waals surface area contributed by atoms with Crippen LogP contribution in [0, 0.1) is 13.8 Å². The second-order valence-electron chi connectivity index (χ2n) is 7.81. The Balaban J connectivity index is 1.45. The smallest absolute Gasteiger partial charge is 0.269 e. The monoisotopic (exact) mass is 499 g/mol. The molecule has 0 bridgehead atoms. The van der Waals surface area contributed by atoms with Gasteiger partial charge in [-0.3, -0.25) is 14.3 Å². The zero-order valence-corrected chi connectivity index (χ0v) is 19.9. The highest BCUT2D eigenvalue weighted by atomic mass is 32.2. The van der Waals surface area contributed by atoms with Crippen molar-refractivity contribution in [1.29, 1.82) is 0 Å². The molecule has 2 N–H and O–H groups in total. The van der Waals surface area contributed by atoms with Crippen LogP contribution in [0.2, 0.25) is 0 Å². The molecule has 3 aromatic rings. The van der Waals surface area contributed by atoms with Crippen molar-refractivity contribution in [3.8, 4) is 0 Å². The lowest BCUT2D eigenvalue weighted by atomic mass is 10.1. The summed E-state index contributed by atoms with van der Waals surface area (Å²) in [5.41, 5.74) is 2.41. The van der Waals surface area contributed by atoms with E-state index in [9.17, 15) is 26.4 Å². The molecule has 0 fully saturated rings. The molecule has 0 radical (unpaired) electrons. The maximum atomic E-state index is 12.7. The van der Waals surface area contributed by atoms with Gasteiger partial charge in [0.05, 0.1) is 16.1 Å². The minimum Gasteiger partial charge on any atom is -0.325 e. The molecule has 0 aliphatic carbocycles. The Morgan fingerprint density at radius 1 is 0.971 bits per heavy atom. The van der Waals surface area contributed by atoms with Crippen molar-refractivity contribution in [1.82, 2.24) is 4.31 Å². The number of amides is 2. The van der Waals surface area contributed by atoms with E-state index in [4.69, 9.17) is 0 Å². The predicted octanol–water partition coefficient (Wildman–Crippen LogP) is 2.89. The third kappa shape index (κ3) is 4.39. The van der Waals surface area contributed by atoms with Gasteiger partial charge in [-0.2, -0.15) is 0 Å². The van der Waals surface area contributed by atoms with Gasteiger partial charge in [-0.1, -0.05) is 24.3 Å². The molecule has 0 saturated carbocycles. The Hall–Kier alpha value is -3.70. The standard InChI is InChI=1S/C23H21N3O6S2/c1-15-7-8-16(2)20(13-15)25-33(29,30)18-11-9-17(10-12-18)24-22(27)14-26-23(28)19-5-3-4-6-21(19)34(26,31)32/h3-13,25H,14H2,1-2H3,(H,24,27). The van der Waals surface area contributed by atoms with Crippen LogP contribution in [-0.2, 0) is 24.8 Å². The summed E-state index contributed by atoms with van der Waals surface area (Å²) in [6.07, 6.45) is 0. The number of benzene rings is 3. The minimum absolute atomic E-state index is 0.0147. The molecule has 0 unspecified atom stereocenters. The third-order valence-corrected chi connectivity index (χ3v) is 8.45. The number of anilines is 2. The van der Waals surface area contributed by atoms with Crippen LogP contribution in [0.3, 0.4) is 0 Å². The van der Waals surface area contributed by atoms with Crippen LogP contribution in [0.5, 0.6) is 0 Å². The van der Waals surface area contributed by atoms with Crippen molar-refractivity contribution in [2.75, 3.05) is 16.6 Å². The number of nitrogens with zero attached hydrogens (tertiary/aromatic N) is 1. The van der Waals surface area contributed by atoms with Crippen molar-refractivity contribution in [2.24, 2.45) is 0 Å². The molecule has 9 nitrogen and oxygen atoms in total. The molecule has 4 rings (SSSR count). The summed E-state index contributed by atoms with van der Waals surface area (Å²) in [5.74, 6) is -1.52. The molecular formula is C23H21N3O6S2. The molecule has 2 amide bonds. The van der Waals surface area contributed by atoms with E-state index in [-0.39, 0.29) is 21.0 Å². The number of rotatable bonds is 6. The first-order chi connectivity index (χ1) is 16.0. The van der Waals surface area contributed by atoms with E-state index in [1.165, 1.54) is 42.5 Å². The van der Waals surface area contributed by atoms with Crippen molar-refractivity contribution >= 4 is 43.2 Å². The van der Waals surface area contributed by atoms with E-state index < -0.39 is 38.4 Å². The largest absolute Gasteiger partial charge is 0.325 e. The molecule has 3 aromatic carbocycles. The Labute approximate surface area is 197 Å². The van der Waals surface area contributed by atoms with Crippen LogP contribution in [0.15, 0.2) is 76.5 Å². The van der Waals surface area contributed by atoms with E-state index >= 15 is 0 Å². The third-order valence-electron chi connectivity index (χ3n) is 5.29. The maximum absolute atomic E-state index is 12.7. The molecule has 34 heavy (non-hydrogen) atoms. The van der Waals surface area contributed by atoms with Crippen LogP contribution in [-0.4, -0.2) is 39.5 Å². The highest BCUT2D eigenvalue weighted by Crippen LogP contribution is 2.29. The van der Waals surface area contributed by atoms with Crippen molar-refractivity contribution in [2.45, 2.75) is 23.6 Å². The van der Waals surface area contributed by atoms with Crippen molar-refractivity contribution in [3.05, 3.63) is 83.4 Å². The van der Waals surface area contributed by atoms with Gasteiger partial charge in [0.25, 0.3) is 26.0 Å². The van der Waals surface area contributed by atoms with E-state index in [0.717, 1.165) is 11.1 Å². The second kappa shape index (κ2) is 8.58. The predicted molar refractivity (Wildman–Crippen MR) is 126 cm³/mol. The van der Waals surface area contributed by atoms with Gasteiger partial charge in [0, 0.05) is 5.69 Å². The lowest BCUT2D eigenvalue weighted by Crippen LogP contribution is -2.37. The van der Waals surface area contributed by atoms with Gasteiger partial charge in [-0.05, 0) is 67.4 Å². The van der Waals surface area contributed by atoms with Crippen LogP contribution < -0.4 is 10.0 Å². The van der Waals surface area contributed by atoms with Gasteiger partial charge in [-0.25, -0.2) is 21.1 Å². The van der Waals surface area contributed by atoms with E-state index in [0.29, 0.717) is 9.99 Å². The first-order valence-corrected chi connectivity index (χ1v) is 13.1. The fourth-order valence-electron chi connectivity index (χ4n) is 3.49. The van der Waals surface area contributed by atoms with Gasteiger partial charge in [0.1, 0.15) is 11.4 Å². The fraction of sp³-hybridized carbons (Fsp3) is 0.130. The van der Waals surface area contributed by atoms with Gasteiger partial charge in [-0.15, -0.1) is 0 Å². The highest BCUT2D eigenvalue weighted by molar-refractivity contribution is 7.92. The van der Waals surface area contributed by atoms with Crippen molar-refractivity contribution < 1.29 is 26.4 Å². The lowest BCUT2D eigenvalue weighted by Gasteiger charge is -2.15. The summed E-state index contributed by atoms with van der Waals surface area (Å²) in [6, 6.07) is 16.6. The molecule has 0 atom stereocenters. The molecule has 0 aromatic heterocycles. The number of aryl methyl sites for hydroxylation is 2. The van der Waals surface area contributed by atoms with Gasteiger partial charge < -0.3 is 5.32 Å². The number of carbonyl (C=O) groups excluding carboxylic acids is 2. The van der Waals surface area contributed by atoms with E-state index in [1.807, 2.05) is 19.1 Å². The van der Waals surface area contributed by atoms with Crippen LogP contribution >= 0.6 is 0 Å². The summed E-state index contributed by atoms with van der Waals surface area (Å²) in [5, 5.41) is 2.49. The highest BCUT2D eigenvalue weighted by Gasteiger charge is 2.41. The molecule has 1 heterocycles. The zero-order chi connectivity index (χ0) is 24.7. The Morgan fingerprint density at radius 2 is 1.65 bits per heavy atom. The average Bonchev–Trinajstić information content (AvgIpc) is 2.97. The molecule has 176 valence electrons. The Morgan fingerprint density at radius 3 is 2.32 bits per heavy atom. The number of carbonyl (C=O) groups is 2. The van der Waals surface area contributed by atoms with Gasteiger partial charge in [0.2, 0.25) is 5.91 Å². The first kappa shape index (κ1) is 23.5. The fourth-order valence-corrected chi connectivity index (χ4v) is 6.13. The number of fused-ring (bicyclic) bond motifs is 1. The number of hydrogen-bond acceptors (Lipinski definition) is 6. The summed E-state index contributed by atoms with van der Waals surface area (Å²) in [6.45, 7) is 2.94. The van der Waals surface area contributed by atoms with Gasteiger partial charge in [0.15, 0.2) is 0 Å². The summed E-state index contributed by atoms with van der Waals surface area (Å²) >= 11 is 0. The summed E-state index contributed by atoms with van der Waals surface area (Å²) < 4.78 is 53.7.